The number of carbonyl (C=O) groups excluding carboxylic acids is 3. The number of nitrogens with one attached hydrogen (secondary N) is 1. The molecule has 0 aliphatic rings. The van der Waals surface area contributed by atoms with Crippen molar-refractivity contribution >= 4 is 74.6 Å². The Kier molecular flexibility index (Phi) is 11.8. The Balaban J connectivity index is 0.000000216. The van der Waals surface area contributed by atoms with Crippen LogP contribution < -0.4 is 5.32 Å². The number of halogens is 1. The minimum Gasteiger partial charge on any atom is -0.478 e. The standard InChI is InChI=1S/C18H15ClN2O3S2.C15H14O4S/c1-3-24-17(23)12-7-5-4-6-11(12)14-8-13(10(2)25-14)16(22)21-18-20-9-15(19)26-18;1-3-19-15(18)11-7-5-4-6-10(11)13-8-12(14(16)17)9(2)20-13/h4-9H,3H2,1-2H3,(H,20,21,22);4-8H,3H2,1-2H3,(H,16,17). The van der Waals surface area contributed by atoms with Crippen LogP contribution in [-0.2, 0) is 9.47 Å². The highest BCUT2D eigenvalue weighted by atomic mass is 35.5. The second-order valence-corrected chi connectivity index (χ2v) is 13.6. The maximum Gasteiger partial charge on any atom is 0.338 e. The molecule has 0 aliphatic heterocycles. The van der Waals surface area contributed by atoms with Crippen LogP contribution in [0.25, 0.3) is 20.9 Å². The van der Waals surface area contributed by atoms with Crippen molar-refractivity contribution in [1.29, 1.82) is 0 Å². The summed E-state index contributed by atoms with van der Waals surface area (Å²) in [6.45, 7) is 7.74. The van der Waals surface area contributed by atoms with Crippen molar-refractivity contribution in [2.45, 2.75) is 27.7 Å². The lowest BCUT2D eigenvalue weighted by Crippen LogP contribution is -2.11. The number of carbonyl (C=O) groups is 4. The summed E-state index contributed by atoms with van der Waals surface area (Å²) < 4.78 is 10.7. The molecule has 3 heterocycles. The van der Waals surface area contributed by atoms with E-state index in [4.69, 9.17) is 26.2 Å². The predicted molar refractivity (Wildman–Crippen MR) is 183 cm³/mol. The van der Waals surface area contributed by atoms with Crippen LogP contribution >= 0.6 is 45.6 Å². The summed E-state index contributed by atoms with van der Waals surface area (Å²) >= 11 is 9.84. The first-order valence-electron chi connectivity index (χ1n) is 13.9. The molecule has 0 atom stereocenters. The van der Waals surface area contributed by atoms with Crippen molar-refractivity contribution in [3.8, 4) is 20.9 Å². The third-order valence-corrected chi connectivity index (χ3v) is 9.58. The molecule has 0 aliphatic carbocycles. The number of anilines is 1. The summed E-state index contributed by atoms with van der Waals surface area (Å²) in [6.07, 6.45) is 1.49. The van der Waals surface area contributed by atoms with E-state index in [1.807, 2.05) is 25.1 Å². The molecular formula is C33H29ClN2O7S3. The number of thiazole rings is 1. The molecule has 238 valence electrons. The smallest absolute Gasteiger partial charge is 0.338 e. The van der Waals surface area contributed by atoms with Gasteiger partial charge in [0.25, 0.3) is 5.91 Å². The molecule has 2 aromatic carbocycles. The highest BCUT2D eigenvalue weighted by Gasteiger charge is 2.20. The van der Waals surface area contributed by atoms with Gasteiger partial charge in [-0.2, -0.15) is 0 Å². The number of aromatic carboxylic acids is 1. The van der Waals surface area contributed by atoms with E-state index in [2.05, 4.69) is 10.3 Å². The van der Waals surface area contributed by atoms with Crippen molar-refractivity contribution in [2.75, 3.05) is 18.5 Å². The van der Waals surface area contributed by atoms with Gasteiger partial charge in [-0.15, -0.1) is 22.7 Å². The molecule has 0 unspecified atom stereocenters. The Bertz CT molecular complexity index is 1890. The Morgan fingerprint density at radius 1 is 0.761 bits per heavy atom. The number of benzene rings is 2. The normalized spacial score (nSPS) is 10.5. The topological polar surface area (TPSA) is 132 Å². The van der Waals surface area contributed by atoms with Crippen molar-refractivity contribution < 1.29 is 33.8 Å². The fraction of sp³-hybridized carbons (Fsp3) is 0.182. The molecule has 0 saturated carbocycles. The maximum atomic E-state index is 12.5. The van der Waals surface area contributed by atoms with Gasteiger partial charge >= 0.3 is 17.9 Å². The number of aryl methyl sites for hydroxylation is 2. The Morgan fingerprint density at radius 2 is 1.24 bits per heavy atom. The Hall–Kier alpha value is -4.36. The lowest BCUT2D eigenvalue weighted by molar-refractivity contribution is 0.0517. The summed E-state index contributed by atoms with van der Waals surface area (Å²) in [5.41, 5.74) is 3.18. The fourth-order valence-electron chi connectivity index (χ4n) is 4.31. The first-order valence-corrected chi connectivity index (χ1v) is 16.8. The summed E-state index contributed by atoms with van der Waals surface area (Å²) in [6, 6.07) is 17.6. The number of amides is 1. The molecule has 13 heteroatoms. The second-order valence-electron chi connectivity index (χ2n) is 9.42. The molecule has 3 aromatic heterocycles. The van der Waals surface area contributed by atoms with Gasteiger partial charge in [0, 0.05) is 30.6 Å². The quantitative estimate of drug-likeness (QED) is 0.146. The molecule has 2 N–H and O–H groups in total. The van der Waals surface area contributed by atoms with Crippen LogP contribution in [0.1, 0.15) is 65.0 Å². The third-order valence-electron chi connectivity index (χ3n) is 6.38. The summed E-state index contributed by atoms with van der Waals surface area (Å²) in [5, 5.41) is 12.3. The molecule has 0 spiro atoms. The lowest BCUT2D eigenvalue weighted by atomic mass is 10.1. The third kappa shape index (κ3) is 8.26. The van der Waals surface area contributed by atoms with Crippen LogP contribution in [0.5, 0.6) is 0 Å². The number of hydrogen-bond donors (Lipinski definition) is 2. The fourth-order valence-corrected chi connectivity index (χ4v) is 7.23. The zero-order chi connectivity index (χ0) is 33.4. The van der Waals surface area contributed by atoms with E-state index in [0.717, 1.165) is 20.2 Å². The molecule has 0 radical (unpaired) electrons. The van der Waals surface area contributed by atoms with Gasteiger partial charge in [0.05, 0.1) is 41.7 Å². The van der Waals surface area contributed by atoms with E-state index in [1.165, 1.54) is 40.2 Å². The van der Waals surface area contributed by atoms with Crippen molar-refractivity contribution in [2.24, 2.45) is 0 Å². The van der Waals surface area contributed by atoms with E-state index < -0.39 is 11.9 Å². The number of esters is 2. The summed E-state index contributed by atoms with van der Waals surface area (Å²) in [7, 11) is 0. The van der Waals surface area contributed by atoms with Gasteiger partial charge in [-0.1, -0.05) is 59.3 Å². The first-order chi connectivity index (χ1) is 22.0. The highest BCUT2D eigenvalue weighted by Crippen LogP contribution is 2.35. The minimum atomic E-state index is -0.960. The molecule has 0 saturated heterocycles. The SMILES string of the molecule is CCOC(=O)c1ccccc1-c1cc(C(=O)Nc2ncc(Cl)s2)c(C)s1.CCOC(=O)c1ccccc1-c1cc(C(=O)O)c(C)s1. The molecular weight excluding hydrogens is 668 g/mol. The molecule has 5 rings (SSSR count). The van der Waals surface area contributed by atoms with E-state index in [-0.39, 0.29) is 17.4 Å². The lowest BCUT2D eigenvalue weighted by Gasteiger charge is -2.06. The molecule has 1 amide bonds. The van der Waals surface area contributed by atoms with Crippen molar-refractivity contribution in [3.63, 3.8) is 0 Å². The minimum absolute atomic E-state index is 0.260. The van der Waals surface area contributed by atoms with Crippen molar-refractivity contribution in [3.05, 3.63) is 103 Å². The average Bonchev–Trinajstić information content (AvgIpc) is 3.75. The maximum absolute atomic E-state index is 12.5. The van der Waals surface area contributed by atoms with Crippen LogP contribution in [0.2, 0.25) is 4.34 Å². The van der Waals surface area contributed by atoms with Crippen LogP contribution in [0.3, 0.4) is 0 Å². The van der Waals surface area contributed by atoms with E-state index >= 15 is 0 Å². The average molecular weight is 697 g/mol. The zero-order valence-corrected chi connectivity index (χ0v) is 28.4. The van der Waals surface area contributed by atoms with Gasteiger partial charge in [-0.25, -0.2) is 19.4 Å². The van der Waals surface area contributed by atoms with E-state index in [1.54, 1.807) is 63.2 Å². The Labute approximate surface area is 282 Å². The van der Waals surface area contributed by atoms with Gasteiger partial charge in [0.15, 0.2) is 5.13 Å². The predicted octanol–water partition coefficient (Wildman–Crippen LogP) is 8.86. The summed E-state index contributed by atoms with van der Waals surface area (Å²) in [4.78, 5) is 54.9. The number of nitrogens with zero attached hydrogens (tertiary/aromatic N) is 1. The number of hydrogen-bond acceptors (Lipinski definition) is 10. The van der Waals surface area contributed by atoms with Gasteiger partial charge < -0.3 is 14.6 Å². The largest absolute Gasteiger partial charge is 0.478 e. The highest BCUT2D eigenvalue weighted by molar-refractivity contribution is 7.19. The summed E-state index contributed by atoms with van der Waals surface area (Å²) in [5.74, 6) is -1.99. The number of rotatable bonds is 9. The van der Waals surface area contributed by atoms with Crippen LogP contribution in [-0.4, -0.2) is 47.1 Å². The molecule has 9 nitrogen and oxygen atoms in total. The van der Waals surface area contributed by atoms with Crippen LogP contribution in [0.15, 0.2) is 66.9 Å². The van der Waals surface area contributed by atoms with Crippen LogP contribution in [0.4, 0.5) is 5.13 Å². The zero-order valence-electron chi connectivity index (χ0n) is 25.2. The van der Waals surface area contributed by atoms with Gasteiger partial charge in [0.1, 0.15) is 4.34 Å². The van der Waals surface area contributed by atoms with Gasteiger partial charge in [-0.3, -0.25) is 10.1 Å². The molecule has 46 heavy (non-hydrogen) atoms. The molecule has 5 aromatic rings. The van der Waals surface area contributed by atoms with Crippen LogP contribution in [0, 0.1) is 13.8 Å². The molecule has 0 bridgehead atoms. The van der Waals surface area contributed by atoms with Gasteiger partial charge in [-0.05, 0) is 52.0 Å². The van der Waals surface area contributed by atoms with E-state index in [9.17, 15) is 19.2 Å². The van der Waals surface area contributed by atoms with Gasteiger partial charge in [0.2, 0.25) is 0 Å². The number of carboxylic acids is 1. The van der Waals surface area contributed by atoms with E-state index in [0.29, 0.717) is 49.8 Å². The number of ether oxygens (including phenoxy) is 2. The number of carboxylic acid groups (broad SMARTS) is 1. The first kappa shape index (κ1) is 34.5. The second kappa shape index (κ2) is 15.8. The molecule has 0 fully saturated rings. The Morgan fingerprint density at radius 3 is 1.67 bits per heavy atom. The number of thiophene rings is 2. The van der Waals surface area contributed by atoms with Crippen molar-refractivity contribution in [1.82, 2.24) is 4.98 Å². The monoisotopic (exact) mass is 696 g/mol. The number of aromatic nitrogens is 1.